The quantitative estimate of drug-likeness (QED) is 0.799. The molecule has 0 aromatic heterocycles. The van der Waals surface area contributed by atoms with E-state index in [9.17, 15) is 9.18 Å². The Balaban J connectivity index is 1.48. The van der Waals surface area contributed by atoms with E-state index in [1.165, 1.54) is 6.07 Å². The molecule has 1 unspecified atom stereocenters. The van der Waals surface area contributed by atoms with Crippen LogP contribution in [0.4, 0.5) is 9.18 Å². The highest BCUT2D eigenvalue weighted by molar-refractivity contribution is 9.10. The van der Waals surface area contributed by atoms with Crippen molar-refractivity contribution < 1.29 is 13.9 Å². The van der Waals surface area contributed by atoms with Crippen LogP contribution in [0.2, 0.25) is 0 Å². The molecule has 6 heteroatoms. The molecule has 0 spiro atoms. The number of nitrogens with one attached hydrogen (secondary N) is 1. The molecule has 3 aliphatic heterocycles. The van der Waals surface area contributed by atoms with Crippen LogP contribution in [0, 0.1) is 17.2 Å². The molecule has 3 fully saturated rings. The van der Waals surface area contributed by atoms with Gasteiger partial charge in [0.25, 0.3) is 0 Å². The van der Waals surface area contributed by atoms with Gasteiger partial charge < -0.3 is 10.1 Å². The minimum atomic E-state index is -0.381. The van der Waals surface area contributed by atoms with Crippen LogP contribution in [0.25, 0.3) is 0 Å². The molecule has 2 atom stereocenters. The van der Waals surface area contributed by atoms with Gasteiger partial charge in [0.1, 0.15) is 11.9 Å². The van der Waals surface area contributed by atoms with E-state index in [2.05, 4.69) is 40.0 Å². The molecule has 1 aromatic carbocycles. The highest BCUT2D eigenvalue weighted by Gasteiger charge is 2.42. The Kier molecular flexibility index (Phi) is 4.31. The number of fused-ring (bicyclic) bond motifs is 4. The first-order valence-electron chi connectivity index (χ1n) is 9.01. The van der Waals surface area contributed by atoms with E-state index in [0.717, 1.165) is 50.0 Å². The molecule has 5 rings (SSSR count). The van der Waals surface area contributed by atoms with Gasteiger partial charge in [-0.25, -0.2) is 9.18 Å². The number of nitrogens with zero attached hydrogens (tertiary/aromatic N) is 1. The maximum Gasteiger partial charge on any atom is 0.407 e. The average molecular weight is 411 g/mol. The molecule has 0 saturated carbocycles. The fourth-order valence-corrected chi connectivity index (χ4v) is 5.04. The maximum absolute atomic E-state index is 14.0. The smallest absolute Gasteiger partial charge is 0.407 e. The van der Waals surface area contributed by atoms with Crippen LogP contribution in [0.1, 0.15) is 43.9 Å². The number of benzene rings is 1. The van der Waals surface area contributed by atoms with Crippen molar-refractivity contribution in [1.29, 1.82) is 0 Å². The monoisotopic (exact) mass is 410 g/mol. The van der Waals surface area contributed by atoms with Gasteiger partial charge in [0.05, 0.1) is 10.5 Å². The molecule has 136 valence electrons. The van der Waals surface area contributed by atoms with Gasteiger partial charge in [-0.15, -0.1) is 0 Å². The summed E-state index contributed by atoms with van der Waals surface area (Å²) in [7, 11) is 0. The number of amides is 1. The van der Waals surface area contributed by atoms with Gasteiger partial charge in [-0.2, -0.15) is 0 Å². The second-order valence-electron chi connectivity index (χ2n) is 8.29. The first-order valence-corrected chi connectivity index (χ1v) is 9.80. The van der Waals surface area contributed by atoms with Crippen LogP contribution in [0.3, 0.4) is 0 Å². The molecule has 0 radical (unpaired) electrons. The van der Waals surface area contributed by atoms with Gasteiger partial charge in [0.2, 0.25) is 0 Å². The minimum absolute atomic E-state index is 0.0202. The second kappa shape index (κ2) is 6.23. The van der Waals surface area contributed by atoms with Crippen LogP contribution in [0.15, 0.2) is 16.6 Å². The van der Waals surface area contributed by atoms with Crippen molar-refractivity contribution in [3.05, 3.63) is 33.5 Å². The summed E-state index contributed by atoms with van der Waals surface area (Å²) in [6, 6.07) is 3.12. The highest BCUT2D eigenvalue weighted by atomic mass is 79.9. The maximum atomic E-state index is 14.0. The zero-order valence-corrected chi connectivity index (χ0v) is 16.2. The van der Waals surface area contributed by atoms with E-state index in [0.29, 0.717) is 10.4 Å². The largest absolute Gasteiger partial charge is 0.445 e. The third kappa shape index (κ3) is 3.19. The number of carbonyl (C=O) groups excluding carboxylic acids is 1. The van der Waals surface area contributed by atoms with Crippen molar-refractivity contribution in [1.82, 2.24) is 10.2 Å². The number of hydrogen-bond donors (Lipinski definition) is 1. The summed E-state index contributed by atoms with van der Waals surface area (Å²) in [4.78, 5) is 14.9. The molecule has 2 bridgehead atoms. The molecule has 1 N–H and O–H groups in total. The first kappa shape index (κ1) is 17.3. The number of piperidine rings is 3. The van der Waals surface area contributed by atoms with Crippen LogP contribution in [-0.4, -0.2) is 36.7 Å². The average Bonchev–Trinajstić information content (AvgIpc) is 2.79. The Labute approximate surface area is 156 Å². The fourth-order valence-electron chi connectivity index (χ4n) is 4.65. The molecule has 1 amide bonds. The normalized spacial score (nSPS) is 32.3. The van der Waals surface area contributed by atoms with Gasteiger partial charge >= 0.3 is 6.09 Å². The molecular weight excluding hydrogens is 387 g/mol. The number of ether oxygens (including phenoxy) is 1. The van der Waals surface area contributed by atoms with E-state index in [1.807, 2.05) is 6.07 Å². The van der Waals surface area contributed by atoms with E-state index in [4.69, 9.17) is 4.74 Å². The Hall–Kier alpha value is -1.14. The van der Waals surface area contributed by atoms with Gasteiger partial charge in [-0.1, -0.05) is 13.8 Å². The van der Waals surface area contributed by atoms with Crippen molar-refractivity contribution >= 4 is 22.0 Å². The summed E-state index contributed by atoms with van der Waals surface area (Å²) < 4.78 is 20.2. The Morgan fingerprint density at radius 3 is 2.72 bits per heavy atom. The lowest BCUT2D eigenvalue weighted by Gasteiger charge is -2.44. The number of halogens is 2. The third-order valence-corrected chi connectivity index (χ3v) is 6.65. The third-order valence-electron chi connectivity index (χ3n) is 6.04. The Bertz CT molecular complexity index is 701. The highest BCUT2D eigenvalue weighted by Crippen LogP contribution is 2.46. The van der Waals surface area contributed by atoms with Crippen LogP contribution < -0.4 is 5.32 Å². The summed E-state index contributed by atoms with van der Waals surface area (Å²) >= 11 is 3.25. The van der Waals surface area contributed by atoms with Crippen molar-refractivity contribution in [3.8, 4) is 0 Å². The molecule has 4 nitrogen and oxygen atoms in total. The van der Waals surface area contributed by atoms with Gasteiger partial charge in [-0.3, -0.25) is 4.90 Å². The summed E-state index contributed by atoms with van der Waals surface area (Å²) in [6.45, 7) is 7.26. The number of rotatable bonds is 2. The molecule has 4 aliphatic rings. The SMILES string of the molecule is CC1(C)Cc2cc(Br)c(F)cc2C1NC(=O)O[C@H]1CN2CCC1CC2. The molecule has 1 aliphatic carbocycles. The lowest BCUT2D eigenvalue weighted by Crippen LogP contribution is -2.53. The Morgan fingerprint density at radius 1 is 1.36 bits per heavy atom. The molecule has 3 heterocycles. The number of hydrogen-bond acceptors (Lipinski definition) is 3. The molecule has 25 heavy (non-hydrogen) atoms. The lowest BCUT2D eigenvalue weighted by atomic mass is 9.85. The second-order valence-corrected chi connectivity index (χ2v) is 9.14. The standard InChI is InChI=1S/C19H24BrFN2O2/c1-19(2)9-12-7-14(20)15(21)8-13(12)17(19)22-18(24)25-16-10-23-5-3-11(16)4-6-23/h7-8,11,16-17H,3-6,9-10H2,1-2H3,(H,22,24)/t16-,17?/m0/s1. The van der Waals surface area contributed by atoms with Crippen LogP contribution in [-0.2, 0) is 11.2 Å². The number of alkyl carbamates (subject to hydrolysis) is 1. The summed E-state index contributed by atoms with van der Waals surface area (Å²) in [5, 5.41) is 3.02. The van der Waals surface area contributed by atoms with E-state index in [-0.39, 0.29) is 29.5 Å². The predicted molar refractivity (Wildman–Crippen MR) is 96.9 cm³/mol. The molecule has 3 saturated heterocycles. The molecule has 1 aromatic rings. The van der Waals surface area contributed by atoms with Gasteiger partial charge in [-0.05, 0) is 82.9 Å². The zero-order chi connectivity index (χ0) is 17.8. The summed E-state index contributed by atoms with van der Waals surface area (Å²) in [6.07, 6.45) is 2.61. The minimum Gasteiger partial charge on any atom is -0.445 e. The van der Waals surface area contributed by atoms with Crippen molar-refractivity contribution in [2.24, 2.45) is 11.3 Å². The van der Waals surface area contributed by atoms with Gasteiger partial charge in [0, 0.05) is 6.54 Å². The summed E-state index contributed by atoms with van der Waals surface area (Å²) in [5.41, 5.74) is 1.76. The van der Waals surface area contributed by atoms with E-state index < -0.39 is 0 Å². The van der Waals surface area contributed by atoms with Crippen molar-refractivity contribution in [2.45, 2.75) is 45.3 Å². The predicted octanol–water partition coefficient (Wildman–Crippen LogP) is 4.03. The lowest BCUT2D eigenvalue weighted by molar-refractivity contribution is -0.0349. The van der Waals surface area contributed by atoms with E-state index >= 15 is 0 Å². The van der Waals surface area contributed by atoms with Crippen LogP contribution in [0.5, 0.6) is 0 Å². The number of carbonyl (C=O) groups is 1. The molecular formula is C19H24BrFN2O2. The van der Waals surface area contributed by atoms with Crippen molar-refractivity contribution in [2.75, 3.05) is 19.6 Å². The fraction of sp³-hybridized carbons (Fsp3) is 0.632. The topological polar surface area (TPSA) is 41.6 Å². The Morgan fingerprint density at radius 2 is 2.08 bits per heavy atom. The van der Waals surface area contributed by atoms with Crippen LogP contribution >= 0.6 is 15.9 Å². The van der Waals surface area contributed by atoms with Gasteiger partial charge in [0.15, 0.2) is 0 Å². The summed E-state index contributed by atoms with van der Waals surface area (Å²) in [5.74, 6) is 0.182. The van der Waals surface area contributed by atoms with Crippen molar-refractivity contribution in [3.63, 3.8) is 0 Å². The zero-order valence-electron chi connectivity index (χ0n) is 14.6. The van der Waals surface area contributed by atoms with E-state index in [1.54, 1.807) is 0 Å². The first-order chi connectivity index (χ1) is 11.8.